The maximum Gasteiger partial charge on any atom is 0.416 e. The minimum absolute atomic E-state index is 0.126. The third-order valence-corrected chi connectivity index (χ3v) is 3.69. The number of hydrogen-bond donors (Lipinski definition) is 1. The van der Waals surface area contributed by atoms with Crippen molar-refractivity contribution in [2.24, 2.45) is 0 Å². The van der Waals surface area contributed by atoms with E-state index >= 15 is 0 Å². The Hall–Kier alpha value is -2.04. The molecule has 0 saturated carbocycles. The first-order valence-electron chi connectivity index (χ1n) is 7.19. The molecule has 22 heavy (non-hydrogen) atoms. The molecule has 1 atom stereocenters. The number of alkyl halides is 3. The van der Waals surface area contributed by atoms with Gasteiger partial charge < -0.3 is 5.32 Å². The molecule has 0 spiro atoms. The molecule has 1 amide bonds. The van der Waals surface area contributed by atoms with Crippen LogP contribution >= 0.6 is 0 Å². The number of fused-ring (bicyclic) bond motifs is 1. The van der Waals surface area contributed by atoms with Gasteiger partial charge in [-0.3, -0.25) is 4.79 Å². The number of carbonyl (C=O) groups is 1. The molecule has 2 nitrogen and oxygen atoms in total. The number of carbonyl (C=O) groups excluding carboxylic acids is 1. The summed E-state index contributed by atoms with van der Waals surface area (Å²) in [6.07, 6.45) is 3.55. The van der Waals surface area contributed by atoms with Gasteiger partial charge in [0.15, 0.2) is 0 Å². The minimum Gasteiger partial charge on any atom is -0.349 e. The van der Waals surface area contributed by atoms with Crippen molar-refractivity contribution in [3.8, 4) is 0 Å². The van der Waals surface area contributed by atoms with Gasteiger partial charge in [0.2, 0.25) is 5.91 Å². The van der Waals surface area contributed by atoms with Gasteiger partial charge in [-0.05, 0) is 43.4 Å². The summed E-state index contributed by atoms with van der Waals surface area (Å²) in [5, 5.41) is 2.84. The third kappa shape index (κ3) is 4.00. The van der Waals surface area contributed by atoms with E-state index in [4.69, 9.17) is 0 Å². The van der Waals surface area contributed by atoms with E-state index in [1.165, 1.54) is 12.1 Å². The van der Waals surface area contributed by atoms with Crippen LogP contribution in [-0.2, 0) is 23.8 Å². The van der Waals surface area contributed by atoms with E-state index in [0.29, 0.717) is 30.4 Å². The minimum atomic E-state index is -4.32. The Labute approximate surface area is 127 Å². The van der Waals surface area contributed by atoms with Gasteiger partial charge >= 0.3 is 6.18 Å². The molecule has 0 bridgehead atoms. The summed E-state index contributed by atoms with van der Waals surface area (Å²) in [6, 6.07) is 4.13. The van der Waals surface area contributed by atoms with Crippen LogP contribution in [0.4, 0.5) is 13.2 Å². The number of hydrogen-bond acceptors (Lipinski definition) is 1. The summed E-state index contributed by atoms with van der Waals surface area (Å²) in [6.45, 7) is 1.85. The summed E-state index contributed by atoms with van der Waals surface area (Å²) in [5.74, 6) is -0.224. The maximum atomic E-state index is 13.0. The zero-order valence-corrected chi connectivity index (χ0v) is 12.3. The molecule has 0 heterocycles. The normalized spacial score (nSPS) is 18.6. The molecule has 0 aliphatic heterocycles. The molecule has 0 radical (unpaired) electrons. The van der Waals surface area contributed by atoms with Crippen molar-refractivity contribution in [2.45, 2.75) is 38.4 Å². The SMILES string of the molecule is CC=CC=CC(=O)NC1CCc2c(cccc2C(F)(F)F)C1. The predicted octanol–water partition coefficient (Wildman–Crippen LogP) is 3.81. The van der Waals surface area contributed by atoms with Crippen LogP contribution in [0, 0.1) is 0 Å². The van der Waals surface area contributed by atoms with Crippen molar-refractivity contribution in [2.75, 3.05) is 0 Å². The van der Waals surface area contributed by atoms with Crippen molar-refractivity contribution >= 4 is 5.91 Å². The van der Waals surface area contributed by atoms with Crippen molar-refractivity contribution in [1.29, 1.82) is 0 Å². The fourth-order valence-corrected chi connectivity index (χ4v) is 2.70. The van der Waals surface area contributed by atoms with Gasteiger partial charge in [-0.2, -0.15) is 13.2 Å². The fraction of sp³-hybridized carbons (Fsp3) is 0.353. The Balaban J connectivity index is 2.08. The molecule has 5 heteroatoms. The fourth-order valence-electron chi connectivity index (χ4n) is 2.70. The third-order valence-electron chi connectivity index (χ3n) is 3.69. The van der Waals surface area contributed by atoms with E-state index in [1.54, 1.807) is 24.3 Å². The highest BCUT2D eigenvalue weighted by Gasteiger charge is 2.35. The van der Waals surface area contributed by atoms with E-state index in [1.807, 2.05) is 6.92 Å². The first-order valence-corrected chi connectivity index (χ1v) is 7.19. The standard InChI is InChI=1S/C17H18F3NO/c1-2-3-4-8-16(22)21-13-9-10-14-12(11-13)6-5-7-15(14)17(18,19)20/h2-8,13H,9-11H2,1H3,(H,21,22). The Morgan fingerprint density at radius 1 is 1.32 bits per heavy atom. The number of benzene rings is 1. The van der Waals surface area contributed by atoms with Crippen molar-refractivity contribution in [1.82, 2.24) is 5.32 Å². The van der Waals surface area contributed by atoms with E-state index in [9.17, 15) is 18.0 Å². The molecule has 118 valence electrons. The highest BCUT2D eigenvalue weighted by Crippen LogP contribution is 2.36. The topological polar surface area (TPSA) is 29.1 Å². The Morgan fingerprint density at radius 2 is 2.09 bits per heavy atom. The molecule has 0 saturated heterocycles. The van der Waals surface area contributed by atoms with Crippen LogP contribution in [0.1, 0.15) is 30.0 Å². The van der Waals surface area contributed by atoms with E-state index in [2.05, 4.69) is 5.32 Å². The van der Waals surface area contributed by atoms with Crippen LogP contribution in [0.25, 0.3) is 0 Å². The largest absolute Gasteiger partial charge is 0.416 e. The predicted molar refractivity (Wildman–Crippen MR) is 79.4 cm³/mol. The maximum absolute atomic E-state index is 13.0. The lowest BCUT2D eigenvalue weighted by atomic mass is 9.85. The molecular formula is C17H18F3NO. The number of amides is 1. The van der Waals surface area contributed by atoms with Crippen molar-refractivity contribution in [3.05, 3.63) is 59.2 Å². The summed E-state index contributed by atoms with van der Waals surface area (Å²) in [7, 11) is 0. The molecule has 1 aliphatic carbocycles. The molecule has 0 fully saturated rings. The summed E-state index contributed by atoms with van der Waals surface area (Å²) in [4.78, 5) is 11.7. The quantitative estimate of drug-likeness (QED) is 0.667. The molecule has 2 rings (SSSR count). The van der Waals surface area contributed by atoms with E-state index in [0.717, 1.165) is 6.07 Å². The average Bonchev–Trinajstić information content (AvgIpc) is 2.45. The van der Waals surface area contributed by atoms with Gasteiger partial charge in [0, 0.05) is 12.1 Å². The van der Waals surface area contributed by atoms with Gasteiger partial charge in [-0.25, -0.2) is 0 Å². The lowest BCUT2D eigenvalue weighted by molar-refractivity contribution is -0.138. The van der Waals surface area contributed by atoms with Gasteiger partial charge in [-0.15, -0.1) is 0 Å². The van der Waals surface area contributed by atoms with Crippen LogP contribution in [0.15, 0.2) is 42.5 Å². The second-order valence-corrected chi connectivity index (χ2v) is 5.27. The number of rotatable bonds is 3. The van der Waals surface area contributed by atoms with Gasteiger partial charge in [0.05, 0.1) is 5.56 Å². The summed E-state index contributed by atoms with van der Waals surface area (Å²) < 4.78 is 38.9. The van der Waals surface area contributed by atoms with E-state index in [-0.39, 0.29) is 11.9 Å². The van der Waals surface area contributed by atoms with Crippen LogP contribution in [0.2, 0.25) is 0 Å². The first kappa shape index (κ1) is 16.3. The molecule has 1 N–H and O–H groups in total. The zero-order valence-electron chi connectivity index (χ0n) is 12.3. The average molecular weight is 309 g/mol. The number of nitrogens with one attached hydrogen (secondary N) is 1. The molecule has 1 aromatic carbocycles. The molecule has 0 aromatic heterocycles. The Bertz CT molecular complexity index is 602. The number of allylic oxidation sites excluding steroid dienone is 3. The van der Waals surface area contributed by atoms with Crippen molar-refractivity contribution < 1.29 is 18.0 Å². The van der Waals surface area contributed by atoms with Crippen LogP contribution in [-0.4, -0.2) is 11.9 Å². The second kappa shape index (κ2) is 6.81. The van der Waals surface area contributed by atoms with Gasteiger partial charge in [0.25, 0.3) is 0 Å². The number of halogens is 3. The Kier molecular flexibility index (Phi) is 5.06. The molecule has 1 aliphatic rings. The zero-order chi connectivity index (χ0) is 16.2. The van der Waals surface area contributed by atoms with Crippen LogP contribution < -0.4 is 5.32 Å². The summed E-state index contributed by atoms with van der Waals surface area (Å²) in [5.41, 5.74) is 0.483. The van der Waals surface area contributed by atoms with Crippen LogP contribution in [0.3, 0.4) is 0 Å². The van der Waals surface area contributed by atoms with Gasteiger partial charge in [0.1, 0.15) is 0 Å². The Morgan fingerprint density at radius 3 is 2.77 bits per heavy atom. The smallest absolute Gasteiger partial charge is 0.349 e. The monoisotopic (exact) mass is 309 g/mol. The van der Waals surface area contributed by atoms with E-state index < -0.39 is 11.7 Å². The molecule has 1 unspecified atom stereocenters. The van der Waals surface area contributed by atoms with Crippen molar-refractivity contribution in [3.63, 3.8) is 0 Å². The lowest BCUT2D eigenvalue weighted by Gasteiger charge is -2.27. The highest BCUT2D eigenvalue weighted by molar-refractivity contribution is 5.88. The summed E-state index contributed by atoms with van der Waals surface area (Å²) >= 11 is 0. The lowest BCUT2D eigenvalue weighted by Crippen LogP contribution is -2.38. The molecule has 1 aromatic rings. The van der Waals surface area contributed by atoms with Crippen LogP contribution in [0.5, 0.6) is 0 Å². The highest BCUT2D eigenvalue weighted by atomic mass is 19.4. The van der Waals surface area contributed by atoms with Gasteiger partial charge in [-0.1, -0.05) is 30.4 Å². The second-order valence-electron chi connectivity index (χ2n) is 5.27. The first-order chi connectivity index (χ1) is 10.4. The molecular weight excluding hydrogens is 291 g/mol.